The number of phenolic OH excluding ortho intramolecular Hbond substituents is 2. The third kappa shape index (κ3) is 2.03. The van der Waals surface area contributed by atoms with Gasteiger partial charge in [-0.1, -0.05) is 12.1 Å². The Morgan fingerprint density at radius 2 is 1.96 bits per heavy atom. The first-order chi connectivity index (χ1) is 11.6. The van der Waals surface area contributed by atoms with Gasteiger partial charge in [0.25, 0.3) is 0 Å². The van der Waals surface area contributed by atoms with Crippen LogP contribution < -0.4 is 10.1 Å². The van der Waals surface area contributed by atoms with Crippen molar-refractivity contribution in [1.29, 1.82) is 0 Å². The summed E-state index contributed by atoms with van der Waals surface area (Å²) in [6, 6.07) is 10.0. The molecule has 0 bridgehead atoms. The highest BCUT2D eigenvalue weighted by Crippen LogP contribution is 2.44. The second-order valence-corrected chi connectivity index (χ2v) is 6.05. The Hall–Kier alpha value is -2.73. The van der Waals surface area contributed by atoms with Gasteiger partial charge >= 0.3 is 0 Å². The van der Waals surface area contributed by atoms with E-state index >= 15 is 0 Å². The summed E-state index contributed by atoms with van der Waals surface area (Å²) in [5.41, 5.74) is 3.30. The quantitative estimate of drug-likeness (QED) is 0.645. The number of hydrogen-bond donors (Lipinski definition) is 3. The van der Waals surface area contributed by atoms with E-state index in [1.54, 1.807) is 13.0 Å². The number of fused-ring (bicyclic) bond motifs is 1. The molecule has 1 saturated heterocycles. The van der Waals surface area contributed by atoms with E-state index in [0.717, 1.165) is 35.5 Å². The van der Waals surface area contributed by atoms with Crippen molar-refractivity contribution in [2.45, 2.75) is 13.0 Å². The molecule has 3 N–H and O–H groups in total. The van der Waals surface area contributed by atoms with E-state index in [2.05, 4.69) is 16.0 Å². The van der Waals surface area contributed by atoms with Crippen molar-refractivity contribution in [3.05, 3.63) is 35.9 Å². The number of imidazole rings is 1. The van der Waals surface area contributed by atoms with Crippen LogP contribution in [-0.2, 0) is 0 Å². The van der Waals surface area contributed by atoms with Crippen LogP contribution in [0.2, 0.25) is 0 Å². The summed E-state index contributed by atoms with van der Waals surface area (Å²) in [7, 11) is 1.46. The first kappa shape index (κ1) is 14.8. The number of methoxy groups -OCH3 is 1. The van der Waals surface area contributed by atoms with Gasteiger partial charge in [0.05, 0.1) is 24.2 Å². The number of benzene rings is 2. The largest absolute Gasteiger partial charge is 0.504 e. The minimum atomic E-state index is -0.244. The summed E-state index contributed by atoms with van der Waals surface area (Å²) in [5.74, 6) is 0.591. The molecule has 0 spiro atoms. The Morgan fingerprint density at radius 1 is 1.21 bits per heavy atom. The fourth-order valence-corrected chi connectivity index (χ4v) is 3.18. The van der Waals surface area contributed by atoms with E-state index in [1.807, 2.05) is 18.2 Å². The molecule has 0 radical (unpaired) electrons. The predicted octanol–water partition coefficient (Wildman–Crippen LogP) is 2.58. The van der Waals surface area contributed by atoms with Gasteiger partial charge in [0.1, 0.15) is 5.82 Å². The summed E-state index contributed by atoms with van der Waals surface area (Å²) in [4.78, 5) is 4.78. The molecule has 1 fully saturated rings. The number of aromatic nitrogens is 2. The van der Waals surface area contributed by atoms with Gasteiger partial charge in [-0.15, -0.1) is 0 Å². The van der Waals surface area contributed by atoms with Gasteiger partial charge in [-0.3, -0.25) is 0 Å². The number of phenols is 2. The monoisotopic (exact) mass is 325 g/mol. The molecular weight excluding hydrogens is 306 g/mol. The van der Waals surface area contributed by atoms with Crippen LogP contribution in [-0.4, -0.2) is 40.0 Å². The standard InChI is InChI=1S/C18H19N3O3/c1-10-12(7-15(24-2)17(23)16(10)22)18-20-13-5-3-4-6-14(13)21(18)11-8-19-9-11/h3-7,11,19,22-23H,8-9H2,1-2H3. The molecule has 2 heterocycles. The molecule has 24 heavy (non-hydrogen) atoms. The molecule has 1 aromatic heterocycles. The Morgan fingerprint density at radius 3 is 2.62 bits per heavy atom. The first-order valence-corrected chi connectivity index (χ1v) is 7.89. The van der Waals surface area contributed by atoms with E-state index in [-0.39, 0.29) is 17.2 Å². The fraction of sp³-hybridized carbons (Fsp3) is 0.278. The second-order valence-electron chi connectivity index (χ2n) is 6.05. The highest BCUT2D eigenvalue weighted by Gasteiger charge is 2.27. The van der Waals surface area contributed by atoms with Crippen molar-refractivity contribution >= 4 is 11.0 Å². The lowest BCUT2D eigenvalue weighted by atomic mass is 10.0. The van der Waals surface area contributed by atoms with Crippen LogP contribution in [0, 0.1) is 6.92 Å². The molecule has 0 unspecified atom stereocenters. The smallest absolute Gasteiger partial charge is 0.200 e. The topological polar surface area (TPSA) is 79.5 Å². The maximum absolute atomic E-state index is 10.3. The van der Waals surface area contributed by atoms with Crippen LogP contribution in [0.25, 0.3) is 22.4 Å². The Balaban J connectivity index is 2.02. The number of para-hydroxylation sites is 2. The Bertz CT molecular complexity index is 929. The second kappa shape index (κ2) is 5.42. The highest BCUT2D eigenvalue weighted by atomic mass is 16.5. The van der Waals surface area contributed by atoms with Gasteiger partial charge in [0.15, 0.2) is 11.5 Å². The van der Waals surface area contributed by atoms with Crippen molar-refractivity contribution < 1.29 is 14.9 Å². The van der Waals surface area contributed by atoms with Crippen LogP contribution in [0.1, 0.15) is 11.6 Å². The Kier molecular flexibility index (Phi) is 3.35. The average molecular weight is 325 g/mol. The molecule has 6 heteroatoms. The normalized spacial score (nSPS) is 14.8. The third-order valence-electron chi connectivity index (χ3n) is 4.67. The number of aromatic hydroxyl groups is 2. The van der Waals surface area contributed by atoms with E-state index in [4.69, 9.17) is 9.72 Å². The molecule has 1 aliphatic heterocycles. The van der Waals surface area contributed by atoms with E-state index in [1.165, 1.54) is 7.11 Å². The number of rotatable bonds is 3. The molecule has 0 atom stereocenters. The van der Waals surface area contributed by atoms with E-state index < -0.39 is 0 Å². The summed E-state index contributed by atoms with van der Waals surface area (Å²) < 4.78 is 7.40. The number of nitrogens with zero attached hydrogens (tertiary/aromatic N) is 2. The number of nitrogens with one attached hydrogen (secondary N) is 1. The summed E-state index contributed by atoms with van der Waals surface area (Å²) >= 11 is 0. The minimum absolute atomic E-state index is 0.172. The van der Waals surface area contributed by atoms with Gasteiger partial charge in [-0.25, -0.2) is 4.98 Å². The summed E-state index contributed by atoms with van der Waals surface area (Å²) in [6.45, 7) is 3.54. The minimum Gasteiger partial charge on any atom is -0.504 e. The maximum atomic E-state index is 10.3. The van der Waals surface area contributed by atoms with Crippen molar-refractivity contribution in [1.82, 2.24) is 14.9 Å². The van der Waals surface area contributed by atoms with Gasteiger partial charge in [0.2, 0.25) is 5.75 Å². The van der Waals surface area contributed by atoms with Gasteiger partial charge < -0.3 is 24.8 Å². The van der Waals surface area contributed by atoms with Crippen LogP contribution in [0.5, 0.6) is 17.2 Å². The van der Waals surface area contributed by atoms with Crippen LogP contribution in [0.3, 0.4) is 0 Å². The highest BCUT2D eigenvalue weighted by molar-refractivity contribution is 5.83. The molecule has 3 aromatic rings. The summed E-state index contributed by atoms with van der Waals surface area (Å²) in [6.07, 6.45) is 0. The molecule has 0 aliphatic carbocycles. The summed E-state index contributed by atoms with van der Waals surface area (Å²) in [5, 5.41) is 23.6. The zero-order chi connectivity index (χ0) is 16.8. The van der Waals surface area contributed by atoms with E-state index in [9.17, 15) is 10.2 Å². The number of hydrogen-bond acceptors (Lipinski definition) is 5. The molecule has 4 rings (SSSR count). The zero-order valence-electron chi connectivity index (χ0n) is 13.6. The fourth-order valence-electron chi connectivity index (χ4n) is 3.18. The van der Waals surface area contributed by atoms with Crippen LogP contribution in [0.4, 0.5) is 0 Å². The molecule has 0 saturated carbocycles. The molecular formula is C18H19N3O3. The van der Waals surface area contributed by atoms with Crippen molar-refractivity contribution in [3.8, 4) is 28.6 Å². The van der Waals surface area contributed by atoms with Crippen LogP contribution >= 0.6 is 0 Å². The van der Waals surface area contributed by atoms with Gasteiger partial charge in [-0.2, -0.15) is 0 Å². The van der Waals surface area contributed by atoms with Crippen molar-refractivity contribution in [2.75, 3.05) is 20.2 Å². The first-order valence-electron chi connectivity index (χ1n) is 7.89. The van der Waals surface area contributed by atoms with Gasteiger partial charge in [-0.05, 0) is 25.1 Å². The molecule has 124 valence electrons. The molecule has 0 amide bonds. The molecule has 1 aliphatic rings. The van der Waals surface area contributed by atoms with Crippen LogP contribution in [0.15, 0.2) is 30.3 Å². The SMILES string of the molecule is COc1cc(-c2nc3ccccc3n2C2CNC2)c(C)c(O)c1O. The lowest BCUT2D eigenvalue weighted by Gasteiger charge is -2.30. The Labute approximate surface area is 139 Å². The molecule has 2 aromatic carbocycles. The lowest BCUT2D eigenvalue weighted by Crippen LogP contribution is -2.43. The zero-order valence-corrected chi connectivity index (χ0v) is 13.6. The maximum Gasteiger partial charge on any atom is 0.200 e. The van der Waals surface area contributed by atoms with Crippen molar-refractivity contribution in [2.24, 2.45) is 0 Å². The van der Waals surface area contributed by atoms with Gasteiger partial charge in [0, 0.05) is 24.2 Å². The molecule has 6 nitrogen and oxygen atoms in total. The van der Waals surface area contributed by atoms with E-state index in [0.29, 0.717) is 11.6 Å². The van der Waals surface area contributed by atoms with Crippen molar-refractivity contribution in [3.63, 3.8) is 0 Å². The predicted molar refractivity (Wildman–Crippen MR) is 91.7 cm³/mol. The number of ether oxygens (including phenoxy) is 1. The third-order valence-corrected chi connectivity index (χ3v) is 4.67. The lowest BCUT2D eigenvalue weighted by molar-refractivity contribution is 0.348. The average Bonchev–Trinajstić information content (AvgIpc) is 2.91.